The lowest BCUT2D eigenvalue weighted by Crippen LogP contribution is -2.48. The number of rotatable bonds is 4. The highest BCUT2D eigenvalue weighted by Gasteiger charge is 2.64. The molecule has 2 amide bonds. The van der Waals surface area contributed by atoms with Gasteiger partial charge in [-0.05, 0) is 64.0 Å². The number of halogens is 3. The van der Waals surface area contributed by atoms with Crippen LogP contribution in [0.25, 0.3) is 6.08 Å². The molecule has 37 heavy (non-hydrogen) atoms. The van der Waals surface area contributed by atoms with Gasteiger partial charge in [-0.15, -0.1) is 0 Å². The normalized spacial score (nSPS) is 23.7. The second-order valence-corrected chi connectivity index (χ2v) is 10.9. The van der Waals surface area contributed by atoms with Gasteiger partial charge in [0.05, 0.1) is 35.1 Å². The molecule has 3 aliphatic rings. The van der Waals surface area contributed by atoms with Gasteiger partial charge in [0.2, 0.25) is 11.8 Å². The summed E-state index contributed by atoms with van der Waals surface area (Å²) in [6.45, 7) is 0. The molecule has 3 aromatic carbocycles. The van der Waals surface area contributed by atoms with Crippen molar-refractivity contribution in [2.24, 2.45) is 11.8 Å². The first-order chi connectivity index (χ1) is 17.8. The highest BCUT2D eigenvalue weighted by molar-refractivity contribution is 9.10. The van der Waals surface area contributed by atoms with E-state index in [1.165, 1.54) is 18.2 Å². The van der Waals surface area contributed by atoms with Crippen LogP contribution in [0.2, 0.25) is 10.0 Å². The Bertz CT molecular complexity index is 1500. The maximum atomic E-state index is 14.2. The average molecular weight is 598 g/mol. The number of para-hydroxylation sites is 1. The maximum Gasteiger partial charge on any atom is 0.240 e. The molecule has 6 rings (SSSR count). The van der Waals surface area contributed by atoms with E-state index >= 15 is 0 Å². The van der Waals surface area contributed by atoms with Crippen LogP contribution in [0, 0.1) is 11.8 Å². The summed E-state index contributed by atoms with van der Waals surface area (Å²) in [5.41, 5.74) is 2.44. The minimum Gasteiger partial charge on any atom is -0.496 e. The highest BCUT2D eigenvalue weighted by atomic mass is 79.9. The summed E-state index contributed by atoms with van der Waals surface area (Å²) >= 11 is 15.8. The lowest BCUT2D eigenvalue weighted by molar-refractivity contribution is -0.122. The minimum absolute atomic E-state index is 0.252. The molecule has 186 valence electrons. The molecule has 3 aromatic rings. The number of carbonyl (C=O) groups is 3. The third kappa shape index (κ3) is 3.71. The van der Waals surface area contributed by atoms with Crippen LogP contribution < -0.4 is 14.5 Å². The van der Waals surface area contributed by atoms with Crippen molar-refractivity contribution >= 4 is 74.2 Å². The van der Waals surface area contributed by atoms with Crippen LogP contribution in [0.1, 0.15) is 15.9 Å². The number of Topliss-reactive ketones (excluding diaryl/α,β-unsaturated/α-hetero) is 1. The summed E-state index contributed by atoms with van der Waals surface area (Å²) in [5.74, 6) is -2.12. The Kier molecular flexibility index (Phi) is 5.90. The van der Waals surface area contributed by atoms with Crippen molar-refractivity contribution in [1.82, 2.24) is 0 Å². The zero-order valence-electron chi connectivity index (χ0n) is 19.4. The van der Waals surface area contributed by atoms with Gasteiger partial charge in [-0.3, -0.25) is 14.4 Å². The highest BCUT2D eigenvalue weighted by Crippen LogP contribution is 2.50. The fourth-order valence-corrected chi connectivity index (χ4v) is 6.78. The molecule has 0 N–H and O–H groups in total. The standard InChI is InChI=1S/C28H19BrCl2N2O4/c1-37-22-9-7-15(10-19(22)29)26(34)25-24-23(21-8-6-14-4-2-3-5-20(14)33(21)25)27(35)32(28(24)36)18-12-16(30)11-17(31)13-18/h2-13,21,23-25H,1H3/t21-,23-,24-,25-/m1/s1. The molecular weight excluding hydrogens is 579 g/mol. The smallest absolute Gasteiger partial charge is 0.240 e. The number of methoxy groups -OCH3 is 1. The molecule has 0 aromatic heterocycles. The van der Waals surface area contributed by atoms with E-state index in [0.29, 0.717) is 31.5 Å². The molecule has 3 heterocycles. The lowest BCUT2D eigenvalue weighted by Gasteiger charge is -2.36. The summed E-state index contributed by atoms with van der Waals surface area (Å²) in [7, 11) is 1.55. The fourth-order valence-electron chi connectivity index (χ4n) is 5.73. The predicted molar refractivity (Wildman–Crippen MR) is 146 cm³/mol. The van der Waals surface area contributed by atoms with Gasteiger partial charge in [0.25, 0.3) is 0 Å². The lowest BCUT2D eigenvalue weighted by atomic mass is 9.86. The van der Waals surface area contributed by atoms with Gasteiger partial charge < -0.3 is 9.64 Å². The summed E-state index contributed by atoms with van der Waals surface area (Å²) in [4.78, 5) is 45.0. The number of ketones is 1. The molecule has 9 heteroatoms. The number of benzene rings is 3. The van der Waals surface area contributed by atoms with Crippen molar-refractivity contribution in [1.29, 1.82) is 0 Å². The van der Waals surface area contributed by atoms with Gasteiger partial charge >= 0.3 is 0 Å². The maximum absolute atomic E-state index is 14.2. The van der Waals surface area contributed by atoms with Crippen molar-refractivity contribution in [3.05, 3.63) is 92.4 Å². The molecule has 0 spiro atoms. The summed E-state index contributed by atoms with van der Waals surface area (Å²) < 4.78 is 5.94. The van der Waals surface area contributed by atoms with E-state index in [1.54, 1.807) is 25.3 Å². The van der Waals surface area contributed by atoms with Gasteiger partial charge in [0.15, 0.2) is 5.78 Å². The summed E-state index contributed by atoms with van der Waals surface area (Å²) in [6.07, 6.45) is 3.86. The van der Waals surface area contributed by atoms with Gasteiger partial charge in [-0.25, -0.2) is 4.90 Å². The molecule has 0 aliphatic carbocycles. The van der Waals surface area contributed by atoms with Crippen molar-refractivity contribution in [3.63, 3.8) is 0 Å². The first-order valence-electron chi connectivity index (χ1n) is 11.6. The first kappa shape index (κ1) is 24.2. The number of carbonyl (C=O) groups excluding carboxylic acids is 3. The van der Waals surface area contributed by atoms with Gasteiger partial charge in [-0.1, -0.05) is 53.6 Å². The molecule has 2 saturated heterocycles. The largest absolute Gasteiger partial charge is 0.496 e. The zero-order valence-corrected chi connectivity index (χ0v) is 22.5. The topological polar surface area (TPSA) is 66.9 Å². The number of nitrogens with zero attached hydrogens (tertiary/aromatic N) is 2. The minimum atomic E-state index is -0.891. The Balaban J connectivity index is 1.49. The molecule has 0 unspecified atom stereocenters. The van der Waals surface area contributed by atoms with E-state index in [2.05, 4.69) is 15.9 Å². The van der Waals surface area contributed by atoms with Crippen LogP contribution in [0.5, 0.6) is 5.75 Å². The number of amides is 2. The number of anilines is 2. The number of ether oxygens (including phenoxy) is 1. The molecule has 3 aliphatic heterocycles. The SMILES string of the molecule is COc1ccc(C(=O)[C@H]2[C@@H]3C(=O)N(c4cc(Cl)cc(Cl)c4)C(=O)[C@@H]3[C@H]3C=Cc4ccccc4N32)cc1Br. The second-order valence-electron chi connectivity index (χ2n) is 9.17. The zero-order chi connectivity index (χ0) is 26.0. The Morgan fingerprint density at radius 1 is 0.946 bits per heavy atom. The van der Waals surface area contributed by atoms with E-state index < -0.39 is 29.8 Å². The Labute approximate surface area is 231 Å². The third-order valence-corrected chi connectivity index (χ3v) is 8.28. The van der Waals surface area contributed by atoms with Crippen LogP contribution in [0.3, 0.4) is 0 Å². The number of hydrogen-bond donors (Lipinski definition) is 0. The third-order valence-electron chi connectivity index (χ3n) is 7.23. The Hall–Kier alpha value is -3.13. The molecule has 6 nitrogen and oxygen atoms in total. The number of hydrogen-bond acceptors (Lipinski definition) is 5. The second kappa shape index (κ2) is 9.01. The van der Waals surface area contributed by atoms with Crippen molar-refractivity contribution in [2.45, 2.75) is 12.1 Å². The van der Waals surface area contributed by atoms with Crippen molar-refractivity contribution in [2.75, 3.05) is 16.9 Å². The van der Waals surface area contributed by atoms with E-state index in [4.69, 9.17) is 27.9 Å². The van der Waals surface area contributed by atoms with Gasteiger partial charge in [-0.2, -0.15) is 0 Å². The van der Waals surface area contributed by atoms with Crippen LogP contribution in [-0.2, 0) is 9.59 Å². The van der Waals surface area contributed by atoms with E-state index in [1.807, 2.05) is 41.3 Å². The van der Waals surface area contributed by atoms with Gasteiger partial charge in [0.1, 0.15) is 11.8 Å². The molecular formula is C28H19BrCl2N2O4. The van der Waals surface area contributed by atoms with Crippen LogP contribution in [0.15, 0.2) is 71.2 Å². The molecule has 0 radical (unpaired) electrons. The Morgan fingerprint density at radius 3 is 2.35 bits per heavy atom. The van der Waals surface area contributed by atoms with Crippen LogP contribution >= 0.6 is 39.1 Å². The predicted octanol–water partition coefficient (Wildman–Crippen LogP) is 6.04. The quantitative estimate of drug-likeness (QED) is 0.271. The van der Waals surface area contributed by atoms with Crippen LogP contribution in [0.4, 0.5) is 11.4 Å². The van der Waals surface area contributed by atoms with E-state index in [9.17, 15) is 14.4 Å². The molecule has 4 atom stereocenters. The molecule has 2 fully saturated rings. The van der Waals surface area contributed by atoms with Gasteiger partial charge in [0, 0.05) is 21.3 Å². The number of imide groups is 1. The van der Waals surface area contributed by atoms with Crippen LogP contribution in [-0.4, -0.2) is 36.8 Å². The van der Waals surface area contributed by atoms with E-state index in [0.717, 1.165) is 16.2 Å². The summed E-state index contributed by atoms with van der Waals surface area (Å²) in [6, 6.07) is 16.0. The van der Waals surface area contributed by atoms with Crippen molar-refractivity contribution < 1.29 is 19.1 Å². The fraction of sp³-hybridized carbons (Fsp3) is 0.179. The molecule has 0 saturated carbocycles. The average Bonchev–Trinajstić information content (AvgIpc) is 3.35. The first-order valence-corrected chi connectivity index (χ1v) is 13.1. The Morgan fingerprint density at radius 2 is 1.65 bits per heavy atom. The van der Waals surface area contributed by atoms with Crippen molar-refractivity contribution in [3.8, 4) is 5.75 Å². The monoisotopic (exact) mass is 596 g/mol. The number of fused-ring (bicyclic) bond motifs is 5. The molecule has 0 bridgehead atoms. The summed E-state index contributed by atoms with van der Waals surface area (Å²) in [5, 5.41) is 0.618. The van der Waals surface area contributed by atoms with E-state index in [-0.39, 0.29) is 11.7 Å².